The van der Waals surface area contributed by atoms with Crippen LogP contribution in [0.1, 0.15) is 17.5 Å². The minimum absolute atomic E-state index is 0.140. The van der Waals surface area contributed by atoms with Crippen molar-refractivity contribution in [3.63, 3.8) is 0 Å². The summed E-state index contributed by atoms with van der Waals surface area (Å²) in [6.07, 6.45) is -0.140. The number of nitrogens with zero attached hydrogens (tertiary/aromatic N) is 1. The van der Waals surface area contributed by atoms with Crippen molar-refractivity contribution in [3.8, 4) is 0 Å². The van der Waals surface area contributed by atoms with Gasteiger partial charge >= 0.3 is 0 Å². The fourth-order valence-corrected chi connectivity index (χ4v) is 4.90. The van der Waals surface area contributed by atoms with Crippen molar-refractivity contribution >= 4 is 54.0 Å². The molecular weight excluding hydrogens is 392 g/mol. The number of thiazole rings is 1. The molecule has 3 aromatic rings. The first kappa shape index (κ1) is 18.8. The maximum absolute atomic E-state index is 12.3. The minimum atomic E-state index is -3.54. The number of halogens is 1. The van der Waals surface area contributed by atoms with E-state index in [4.69, 9.17) is 11.6 Å². The van der Waals surface area contributed by atoms with Gasteiger partial charge in [0.05, 0.1) is 20.9 Å². The van der Waals surface area contributed by atoms with Gasteiger partial charge in [-0.3, -0.25) is 4.79 Å². The van der Waals surface area contributed by atoms with Crippen molar-refractivity contribution < 1.29 is 13.2 Å². The van der Waals surface area contributed by atoms with Crippen LogP contribution in [0.4, 0.5) is 5.13 Å². The molecule has 0 atom stereocenters. The van der Waals surface area contributed by atoms with Gasteiger partial charge in [-0.15, -0.1) is 0 Å². The summed E-state index contributed by atoms with van der Waals surface area (Å²) >= 11 is 7.15. The highest BCUT2D eigenvalue weighted by Gasteiger charge is 2.17. The van der Waals surface area contributed by atoms with Crippen LogP contribution in [0.25, 0.3) is 10.2 Å². The second kappa shape index (κ2) is 7.34. The molecule has 0 radical (unpaired) electrons. The Morgan fingerprint density at radius 3 is 2.58 bits per heavy atom. The lowest BCUT2D eigenvalue weighted by Gasteiger charge is -2.04. The second-order valence-corrected chi connectivity index (χ2v) is 9.56. The molecule has 0 saturated heterocycles. The number of aryl methyl sites for hydroxylation is 2. The molecule has 2 aromatic carbocycles. The highest BCUT2D eigenvalue weighted by molar-refractivity contribution is 7.91. The molecule has 0 aliphatic rings. The van der Waals surface area contributed by atoms with E-state index in [1.807, 2.05) is 19.9 Å². The van der Waals surface area contributed by atoms with E-state index in [0.29, 0.717) is 10.2 Å². The summed E-state index contributed by atoms with van der Waals surface area (Å²) in [4.78, 5) is 16.7. The van der Waals surface area contributed by atoms with Gasteiger partial charge in [0.25, 0.3) is 0 Å². The summed E-state index contributed by atoms with van der Waals surface area (Å²) in [5.74, 6) is -0.653. The number of hydrogen-bond acceptors (Lipinski definition) is 5. The van der Waals surface area contributed by atoms with Gasteiger partial charge in [-0.25, -0.2) is 13.4 Å². The predicted molar refractivity (Wildman–Crippen MR) is 106 cm³/mol. The number of rotatable bonds is 5. The summed E-state index contributed by atoms with van der Waals surface area (Å²) in [6.45, 7) is 3.99. The second-order valence-electron chi connectivity index (χ2n) is 6.02. The minimum Gasteiger partial charge on any atom is -0.302 e. The SMILES string of the molecule is Cc1cc(C)c2sc(NC(=O)CCS(=O)(=O)c3ccc(Cl)cc3)nc2c1. The number of anilines is 1. The van der Waals surface area contributed by atoms with Gasteiger partial charge in [-0.1, -0.05) is 29.0 Å². The number of benzene rings is 2. The lowest BCUT2D eigenvalue weighted by atomic mass is 10.1. The molecule has 0 spiro atoms. The molecule has 5 nitrogen and oxygen atoms in total. The zero-order valence-electron chi connectivity index (χ0n) is 14.2. The Balaban J connectivity index is 1.67. The fourth-order valence-electron chi connectivity index (χ4n) is 2.60. The molecule has 1 aromatic heterocycles. The highest BCUT2D eigenvalue weighted by Crippen LogP contribution is 2.29. The van der Waals surface area contributed by atoms with Crippen LogP contribution in [0.5, 0.6) is 0 Å². The maximum atomic E-state index is 12.3. The third-order valence-electron chi connectivity index (χ3n) is 3.84. The average Bonchev–Trinajstić information content (AvgIpc) is 2.96. The third kappa shape index (κ3) is 4.23. The molecule has 3 rings (SSSR count). The van der Waals surface area contributed by atoms with Crippen LogP contribution in [0.15, 0.2) is 41.3 Å². The van der Waals surface area contributed by atoms with Crippen molar-refractivity contribution in [2.45, 2.75) is 25.2 Å². The Labute approximate surface area is 160 Å². The van der Waals surface area contributed by atoms with Crippen molar-refractivity contribution in [1.82, 2.24) is 4.98 Å². The Morgan fingerprint density at radius 2 is 1.88 bits per heavy atom. The van der Waals surface area contributed by atoms with Crippen molar-refractivity contribution in [2.24, 2.45) is 0 Å². The topological polar surface area (TPSA) is 76.1 Å². The van der Waals surface area contributed by atoms with Crippen LogP contribution < -0.4 is 5.32 Å². The monoisotopic (exact) mass is 408 g/mol. The normalized spacial score (nSPS) is 11.7. The summed E-state index contributed by atoms with van der Waals surface area (Å²) in [5.41, 5.74) is 3.03. The molecule has 0 aliphatic heterocycles. The Kier molecular flexibility index (Phi) is 5.32. The van der Waals surface area contributed by atoms with Crippen LogP contribution in [0.2, 0.25) is 5.02 Å². The number of carbonyl (C=O) groups is 1. The molecular formula is C18H17ClN2O3S2. The molecule has 1 heterocycles. The van der Waals surface area contributed by atoms with E-state index in [1.54, 1.807) is 0 Å². The van der Waals surface area contributed by atoms with Gasteiger partial charge in [0.1, 0.15) is 0 Å². The number of carbonyl (C=O) groups excluding carboxylic acids is 1. The van der Waals surface area contributed by atoms with E-state index in [9.17, 15) is 13.2 Å². The van der Waals surface area contributed by atoms with Crippen molar-refractivity contribution in [2.75, 3.05) is 11.1 Å². The molecule has 0 fully saturated rings. The van der Waals surface area contributed by atoms with Crippen LogP contribution >= 0.6 is 22.9 Å². The van der Waals surface area contributed by atoms with Gasteiger partial charge < -0.3 is 5.32 Å². The number of aromatic nitrogens is 1. The van der Waals surface area contributed by atoms with E-state index in [2.05, 4.69) is 16.4 Å². The number of amides is 1. The molecule has 0 aliphatic carbocycles. The van der Waals surface area contributed by atoms with Crippen LogP contribution in [0, 0.1) is 13.8 Å². The lowest BCUT2D eigenvalue weighted by molar-refractivity contribution is -0.115. The number of fused-ring (bicyclic) bond motifs is 1. The lowest BCUT2D eigenvalue weighted by Crippen LogP contribution is -2.17. The number of sulfone groups is 1. The number of hydrogen-bond donors (Lipinski definition) is 1. The molecule has 0 bridgehead atoms. The Bertz CT molecular complexity index is 1070. The van der Waals surface area contributed by atoms with Crippen LogP contribution in [-0.4, -0.2) is 25.1 Å². The molecule has 0 unspecified atom stereocenters. The van der Waals surface area contributed by atoms with Gasteiger partial charge in [0.15, 0.2) is 15.0 Å². The quantitative estimate of drug-likeness (QED) is 0.680. The number of nitrogens with one attached hydrogen (secondary N) is 1. The fraction of sp³-hybridized carbons (Fsp3) is 0.222. The Morgan fingerprint density at radius 1 is 1.19 bits per heavy atom. The smallest absolute Gasteiger partial charge is 0.227 e. The maximum Gasteiger partial charge on any atom is 0.227 e. The largest absolute Gasteiger partial charge is 0.302 e. The van der Waals surface area contributed by atoms with Crippen LogP contribution in [-0.2, 0) is 14.6 Å². The molecule has 0 saturated carbocycles. The Hall–Kier alpha value is -1.96. The molecule has 8 heteroatoms. The van der Waals surface area contributed by atoms with Gasteiger partial charge in [0.2, 0.25) is 5.91 Å². The van der Waals surface area contributed by atoms with Crippen molar-refractivity contribution in [1.29, 1.82) is 0 Å². The summed E-state index contributed by atoms with van der Waals surface area (Å²) in [5, 5.41) is 3.63. The van der Waals surface area contributed by atoms with Crippen LogP contribution in [0.3, 0.4) is 0 Å². The van der Waals surface area contributed by atoms with E-state index >= 15 is 0 Å². The standard InChI is InChI=1S/C18H17ClN2O3S2/c1-11-9-12(2)17-15(10-11)20-18(25-17)21-16(22)7-8-26(23,24)14-5-3-13(19)4-6-14/h3-6,9-10H,7-8H2,1-2H3,(H,20,21,22). The van der Waals surface area contributed by atoms with E-state index in [-0.39, 0.29) is 23.0 Å². The third-order valence-corrected chi connectivity index (χ3v) is 6.94. The first-order valence-electron chi connectivity index (χ1n) is 7.90. The summed E-state index contributed by atoms with van der Waals surface area (Å²) in [6, 6.07) is 9.92. The highest BCUT2D eigenvalue weighted by atomic mass is 35.5. The van der Waals surface area contributed by atoms with Gasteiger partial charge in [-0.05, 0) is 55.3 Å². The molecule has 1 N–H and O–H groups in total. The molecule has 26 heavy (non-hydrogen) atoms. The summed E-state index contributed by atoms with van der Waals surface area (Å²) in [7, 11) is -3.54. The van der Waals surface area contributed by atoms with E-state index in [0.717, 1.165) is 21.3 Å². The predicted octanol–water partition coefficient (Wildman–Crippen LogP) is 4.37. The zero-order valence-corrected chi connectivity index (χ0v) is 16.6. The first-order chi connectivity index (χ1) is 12.2. The van der Waals surface area contributed by atoms with Gasteiger partial charge in [0, 0.05) is 11.4 Å². The summed E-state index contributed by atoms with van der Waals surface area (Å²) < 4.78 is 25.6. The molecule has 1 amide bonds. The molecule has 136 valence electrons. The van der Waals surface area contributed by atoms with Crippen molar-refractivity contribution in [3.05, 3.63) is 52.5 Å². The van der Waals surface area contributed by atoms with E-state index < -0.39 is 9.84 Å². The van der Waals surface area contributed by atoms with E-state index in [1.165, 1.54) is 35.6 Å². The first-order valence-corrected chi connectivity index (χ1v) is 10.8. The van der Waals surface area contributed by atoms with Gasteiger partial charge in [-0.2, -0.15) is 0 Å². The average molecular weight is 409 g/mol. The zero-order chi connectivity index (χ0) is 18.9.